The van der Waals surface area contributed by atoms with Crippen LogP contribution in [0.4, 0.5) is 0 Å². The maximum absolute atomic E-state index is 11.4. The third-order valence-corrected chi connectivity index (χ3v) is 5.52. The molecular formula is C24H17ClN4O3. The SMILES string of the molecule is Cc1ccc(Oc2nc3cc(-c4ccc(-c5cnc[nH]5)cc4)c(Cl)cc3[nH]2)cc1C(=O)O. The van der Waals surface area contributed by atoms with Gasteiger partial charge in [-0.3, -0.25) is 0 Å². The molecule has 0 saturated carbocycles. The van der Waals surface area contributed by atoms with E-state index >= 15 is 0 Å². The van der Waals surface area contributed by atoms with E-state index in [1.807, 2.05) is 30.3 Å². The molecule has 8 heteroatoms. The lowest BCUT2D eigenvalue weighted by Gasteiger charge is -2.06. The van der Waals surface area contributed by atoms with Crippen molar-refractivity contribution in [3.8, 4) is 34.1 Å². The number of nitrogens with zero attached hydrogens (tertiary/aromatic N) is 2. The molecule has 0 aliphatic heterocycles. The Kier molecular flexibility index (Phi) is 4.88. The molecule has 3 aromatic carbocycles. The van der Waals surface area contributed by atoms with Crippen molar-refractivity contribution in [3.05, 3.63) is 83.3 Å². The van der Waals surface area contributed by atoms with Crippen molar-refractivity contribution in [2.75, 3.05) is 0 Å². The third kappa shape index (κ3) is 3.70. The second kappa shape index (κ2) is 7.86. The number of aromatic carboxylic acids is 1. The molecule has 2 heterocycles. The van der Waals surface area contributed by atoms with Crippen LogP contribution < -0.4 is 4.74 Å². The van der Waals surface area contributed by atoms with Gasteiger partial charge in [-0.2, -0.15) is 4.98 Å². The Morgan fingerprint density at radius 1 is 1.06 bits per heavy atom. The monoisotopic (exact) mass is 444 g/mol. The van der Waals surface area contributed by atoms with Gasteiger partial charge in [0.2, 0.25) is 0 Å². The minimum atomic E-state index is -1.01. The zero-order chi connectivity index (χ0) is 22.2. The molecule has 5 aromatic rings. The number of H-pyrrole nitrogens is 2. The van der Waals surface area contributed by atoms with E-state index in [1.54, 1.807) is 37.6 Å². The number of nitrogens with one attached hydrogen (secondary N) is 2. The van der Waals surface area contributed by atoms with Crippen LogP contribution in [0.5, 0.6) is 11.8 Å². The van der Waals surface area contributed by atoms with Crippen molar-refractivity contribution in [3.63, 3.8) is 0 Å². The zero-order valence-electron chi connectivity index (χ0n) is 16.9. The molecule has 0 unspecified atom stereocenters. The largest absolute Gasteiger partial charge is 0.478 e. The van der Waals surface area contributed by atoms with Crippen molar-refractivity contribution in [1.82, 2.24) is 19.9 Å². The first-order valence-electron chi connectivity index (χ1n) is 9.78. The van der Waals surface area contributed by atoms with Gasteiger partial charge < -0.3 is 19.8 Å². The van der Waals surface area contributed by atoms with Crippen LogP contribution >= 0.6 is 11.6 Å². The van der Waals surface area contributed by atoms with Gasteiger partial charge in [-0.05, 0) is 47.9 Å². The standard InChI is InChI=1S/C24H17ClN4O3/c1-13-2-7-16(8-17(13)23(30)31)32-24-28-20-9-18(19(25)10-21(20)29-24)14-3-5-15(6-4-14)22-11-26-12-27-22/h2-12H,1H3,(H,26,27)(H,28,29)(H,30,31). The zero-order valence-corrected chi connectivity index (χ0v) is 17.6. The van der Waals surface area contributed by atoms with Crippen molar-refractivity contribution in [1.29, 1.82) is 0 Å². The van der Waals surface area contributed by atoms with E-state index in [2.05, 4.69) is 19.9 Å². The molecule has 0 aliphatic rings. The normalized spacial score (nSPS) is 11.1. The predicted octanol–water partition coefficient (Wildman–Crippen LogP) is 6.07. The van der Waals surface area contributed by atoms with E-state index < -0.39 is 5.97 Å². The molecule has 0 aliphatic carbocycles. The van der Waals surface area contributed by atoms with E-state index in [1.165, 1.54) is 6.07 Å². The molecule has 0 radical (unpaired) electrons. The summed E-state index contributed by atoms with van der Waals surface area (Å²) in [6.45, 7) is 1.74. The number of aryl methyl sites for hydroxylation is 1. The maximum atomic E-state index is 11.4. The lowest BCUT2D eigenvalue weighted by Crippen LogP contribution is -2.00. The fraction of sp³-hybridized carbons (Fsp3) is 0.0417. The Bertz CT molecular complexity index is 1440. The van der Waals surface area contributed by atoms with Crippen molar-refractivity contribution in [2.45, 2.75) is 6.92 Å². The fourth-order valence-corrected chi connectivity index (χ4v) is 3.80. The molecule has 0 atom stereocenters. The van der Waals surface area contributed by atoms with Gasteiger partial charge in [-0.1, -0.05) is 41.9 Å². The van der Waals surface area contributed by atoms with Crippen LogP contribution in [0.25, 0.3) is 33.4 Å². The number of imidazole rings is 2. The molecule has 158 valence electrons. The van der Waals surface area contributed by atoms with Crippen molar-refractivity contribution >= 4 is 28.6 Å². The number of aromatic amines is 2. The average Bonchev–Trinajstić information content (AvgIpc) is 3.44. The van der Waals surface area contributed by atoms with Crippen LogP contribution in [0.3, 0.4) is 0 Å². The summed E-state index contributed by atoms with van der Waals surface area (Å²) in [6, 6.07) is 16.8. The minimum absolute atomic E-state index is 0.183. The molecule has 32 heavy (non-hydrogen) atoms. The van der Waals surface area contributed by atoms with Crippen LogP contribution in [-0.4, -0.2) is 31.0 Å². The van der Waals surface area contributed by atoms with Gasteiger partial charge in [0.15, 0.2) is 0 Å². The van der Waals surface area contributed by atoms with Gasteiger partial charge >= 0.3 is 5.97 Å². The second-order valence-electron chi connectivity index (χ2n) is 7.32. The molecule has 0 bridgehead atoms. The predicted molar refractivity (Wildman–Crippen MR) is 122 cm³/mol. The Morgan fingerprint density at radius 2 is 1.84 bits per heavy atom. The summed E-state index contributed by atoms with van der Waals surface area (Å²) in [5, 5.41) is 9.89. The second-order valence-corrected chi connectivity index (χ2v) is 7.72. The summed E-state index contributed by atoms with van der Waals surface area (Å²) in [4.78, 5) is 26.1. The number of hydrogen-bond acceptors (Lipinski definition) is 4. The minimum Gasteiger partial charge on any atom is -0.478 e. The van der Waals surface area contributed by atoms with E-state index in [4.69, 9.17) is 16.3 Å². The number of carboxylic acid groups (broad SMARTS) is 1. The quantitative estimate of drug-likeness (QED) is 0.305. The van der Waals surface area contributed by atoms with Crippen LogP contribution in [-0.2, 0) is 0 Å². The van der Waals surface area contributed by atoms with Crippen LogP contribution in [0.15, 0.2) is 67.1 Å². The topological polar surface area (TPSA) is 104 Å². The van der Waals surface area contributed by atoms with E-state index in [9.17, 15) is 9.90 Å². The van der Waals surface area contributed by atoms with Gasteiger partial charge in [0.25, 0.3) is 6.01 Å². The summed E-state index contributed by atoms with van der Waals surface area (Å²) in [6.07, 6.45) is 3.41. The summed E-state index contributed by atoms with van der Waals surface area (Å²) in [5.41, 5.74) is 6.00. The number of carbonyl (C=O) groups is 1. The Morgan fingerprint density at radius 3 is 2.56 bits per heavy atom. The number of ether oxygens (including phenoxy) is 1. The Hall–Kier alpha value is -4.10. The van der Waals surface area contributed by atoms with E-state index in [0.717, 1.165) is 22.4 Å². The summed E-state index contributed by atoms with van der Waals surface area (Å²) in [7, 11) is 0. The highest BCUT2D eigenvalue weighted by Crippen LogP contribution is 2.34. The number of halogens is 1. The van der Waals surface area contributed by atoms with Gasteiger partial charge in [0.05, 0.1) is 39.8 Å². The third-order valence-electron chi connectivity index (χ3n) is 5.21. The number of rotatable bonds is 5. The van der Waals surface area contributed by atoms with Crippen LogP contribution in [0.1, 0.15) is 15.9 Å². The molecule has 0 saturated heterocycles. The summed E-state index contributed by atoms with van der Waals surface area (Å²) in [5.74, 6) is -0.625. The van der Waals surface area contributed by atoms with Crippen molar-refractivity contribution in [2.24, 2.45) is 0 Å². The Balaban J connectivity index is 1.46. The number of aromatic nitrogens is 4. The van der Waals surface area contributed by atoms with Crippen LogP contribution in [0.2, 0.25) is 5.02 Å². The van der Waals surface area contributed by atoms with E-state index in [0.29, 0.717) is 27.4 Å². The van der Waals surface area contributed by atoms with E-state index in [-0.39, 0.29) is 11.6 Å². The lowest BCUT2D eigenvalue weighted by atomic mass is 10.0. The fourth-order valence-electron chi connectivity index (χ4n) is 3.53. The number of fused-ring (bicyclic) bond motifs is 1. The first kappa shape index (κ1) is 19.8. The first-order valence-corrected chi connectivity index (χ1v) is 10.2. The highest BCUT2D eigenvalue weighted by molar-refractivity contribution is 6.34. The molecule has 2 aromatic heterocycles. The van der Waals surface area contributed by atoms with Crippen molar-refractivity contribution < 1.29 is 14.6 Å². The molecule has 0 spiro atoms. The van der Waals surface area contributed by atoms with Crippen LogP contribution in [0, 0.1) is 6.92 Å². The van der Waals surface area contributed by atoms with Gasteiger partial charge in [-0.15, -0.1) is 0 Å². The number of hydrogen-bond donors (Lipinski definition) is 3. The Labute approximate surface area is 187 Å². The number of carboxylic acids is 1. The van der Waals surface area contributed by atoms with Gasteiger partial charge in [0.1, 0.15) is 5.75 Å². The molecule has 3 N–H and O–H groups in total. The molecule has 0 fully saturated rings. The molecular weight excluding hydrogens is 428 g/mol. The molecule has 7 nitrogen and oxygen atoms in total. The first-order chi connectivity index (χ1) is 15.5. The van der Waals surface area contributed by atoms with Gasteiger partial charge in [-0.25, -0.2) is 9.78 Å². The lowest BCUT2D eigenvalue weighted by molar-refractivity contribution is 0.0695. The average molecular weight is 445 g/mol. The summed E-state index contributed by atoms with van der Waals surface area (Å²) >= 11 is 6.55. The smallest absolute Gasteiger partial charge is 0.336 e. The highest BCUT2D eigenvalue weighted by Gasteiger charge is 2.13. The number of benzene rings is 3. The molecule has 5 rings (SSSR count). The maximum Gasteiger partial charge on any atom is 0.336 e. The summed E-state index contributed by atoms with van der Waals surface area (Å²) < 4.78 is 5.77. The molecule has 0 amide bonds. The van der Waals surface area contributed by atoms with Gasteiger partial charge in [0, 0.05) is 5.56 Å². The highest BCUT2D eigenvalue weighted by atomic mass is 35.5.